The lowest BCUT2D eigenvalue weighted by atomic mass is 10.2. The maximum Gasteiger partial charge on any atom is 0.305 e. The van der Waals surface area contributed by atoms with E-state index in [2.05, 4.69) is 17.6 Å². The molecule has 0 bridgehead atoms. The number of hydrogen-bond acceptors (Lipinski definition) is 5. The van der Waals surface area contributed by atoms with Gasteiger partial charge in [0.25, 0.3) is 11.8 Å². The largest absolute Gasteiger partial charge is 0.494 e. The van der Waals surface area contributed by atoms with Crippen molar-refractivity contribution >= 4 is 23.9 Å². The Kier molecular flexibility index (Phi) is 8.50. The van der Waals surface area contributed by atoms with Crippen LogP contribution in [0, 0.1) is 0 Å². The summed E-state index contributed by atoms with van der Waals surface area (Å²) in [5.41, 5.74) is 0.287. The zero-order valence-corrected chi connectivity index (χ0v) is 16.1. The van der Waals surface area contributed by atoms with E-state index in [1.54, 1.807) is 36.4 Å². The van der Waals surface area contributed by atoms with E-state index in [4.69, 9.17) is 14.3 Å². The van der Waals surface area contributed by atoms with Crippen LogP contribution in [0.15, 0.2) is 52.8 Å². The molecule has 2 amide bonds. The highest BCUT2D eigenvalue weighted by atomic mass is 16.5. The van der Waals surface area contributed by atoms with Gasteiger partial charge in [0.1, 0.15) is 17.2 Å². The number of carboxylic acid groups (broad SMARTS) is 1. The van der Waals surface area contributed by atoms with Crippen molar-refractivity contribution < 1.29 is 28.6 Å². The second kappa shape index (κ2) is 11.3. The number of carbonyl (C=O) groups excluding carboxylic acids is 2. The third kappa shape index (κ3) is 7.53. The first-order chi connectivity index (χ1) is 14.0. The number of hydrogen-bond donors (Lipinski definition) is 3. The highest BCUT2D eigenvalue weighted by Gasteiger charge is 2.15. The van der Waals surface area contributed by atoms with E-state index in [1.807, 2.05) is 0 Å². The Morgan fingerprint density at radius 2 is 1.93 bits per heavy atom. The summed E-state index contributed by atoms with van der Waals surface area (Å²) in [7, 11) is 0. The van der Waals surface area contributed by atoms with Crippen molar-refractivity contribution in [1.29, 1.82) is 0 Å². The number of furan rings is 1. The average Bonchev–Trinajstić information content (AvgIpc) is 3.21. The Bertz CT molecular complexity index is 841. The maximum absolute atomic E-state index is 12.5. The molecule has 2 rings (SSSR count). The summed E-state index contributed by atoms with van der Waals surface area (Å²) >= 11 is 0. The zero-order chi connectivity index (χ0) is 21.1. The van der Waals surface area contributed by atoms with Gasteiger partial charge in [0, 0.05) is 18.2 Å². The first kappa shape index (κ1) is 21.7. The molecule has 29 heavy (non-hydrogen) atoms. The molecule has 1 heterocycles. The lowest BCUT2D eigenvalue weighted by molar-refractivity contribution is -0.136. The molecule has 0 atom stereocenters. The van der Waals surface area contributed by atoms with Crippen LogP contribution in [0.5, 0.6) is 5.75 Å². The topological polar surface area (TPSA) is 118 Å². The fourth-order valence-corrected chi connectivity index (χ4v) is 2.28. The Labute approximate surface area is 168 Å². The predicted molar refractivity (Wildman–Crippen MR) is 106 cm³/mol. The number of amides is 2. The molecule has 0 aliphatic rings. The van der Waals surface area contributed by atoms with Crippen molar-refractivity contribution in [3.8, 4) is 5.75 Å². The lowest BCUT2D eigenvalue weighted by Crippen LogP contribution is -2.35. The first-order valence-corrected chi connectivity index (χ1v) is 9.29. The quantitative estimate of drug-likeness (QED) is 0.394. The fraction of sp³-hybridized carbons (Fsp3) is 0.286. The van der Waals surface area contributed by atoms with Gasteiger partial charge in [0.2, 0.25) is 0 Å². The number of rotatable bonds is 11. The van der Waals surface area contributed by atoms with Gasteiger partial charge in [0.05, 0.1) is 19.3 Å². The highest BCUT2D eigenvalue weighted by Crippen LogP contribution is 2.14. The van der Waals surface area contributed by atoms with Gasteiger partial charge in [-0.05, 0) is 42.8 Å². The number of carbonyl (C=O) groups is 3. The van der Waals surface area contributed by atoms with Crippen LogP contribution >= 0.6 is 0 Å². The number of carboxylic acids is 1. The Balaban J connectivity index is 2.06. The molecule has 0 fully saturated rings. The van der Waals surface area contributed by atoms with Gasteiger partial charge in [-0.15, -0.1) is 0 Å². The van der Waals surface area contributed by atoms with Gasteiger partial charge in [-0.3, -0.25) is 14.4 Å². The second-order valence-electron chi connectivity index (χ2n) is 6.15. The highest BCUT2D eigenvalue weighted by molar-refractivity contribution is 6.05. The van der Waals surface area contributed by atoms with E-state index in [0.29, 0.717) is 23.7 Å². The van der Waals surface area contributed by atoms with Gasteiger partial charge in [0.15, 0.2) is 0 Å². The summed E-state index contributed by atoms with van der Waals surface area (Å²) < 4.78 is 10.8. The number of ether oxygens (including phenoxy) is 1. The minimum atomic E-state index is -1.04. The molecule has 3 N–H and O–H groups in total. The van der Waals surface area contributed by atoms with Crippen LogP contribution < -0.4 is 15.4 Å². The molecule has 1 aromatic heterocycles. The van der Waals surface area contributed by atoms with Gasteiger partial charge < -0.3 is 24.9 Å². The summed E-state index contributed by atoms with van der Waals surface area (Å²) in [5, 5.41) is 13.7. The average molecular weight is 400 g/mol. The lowest BCUT2D eigenvalue weighted by Gasteiger charge is -2.11. The number of unbranched alkanes of at least 4 members (excludes halogenated alkanes) is 1. The van der Waals surface area contributed by atoms with Crippen LogP contribution in [0.1, 0.15) is 42.3 Å². The Hall–Kier alpha value is -3.55. The summed E-state index contributed by atoms with van der Waals surface area (Å²) in [6.45, 7) is 2.61. The minimum Gasteiger partial charge on any atom is -0.494 e. The second-order valence-corrected chi connectivity index (χ2v) is 6.15. The fourth-order valence-electron chi connectivity index (χ4n) is 2.28. The van der Waals surface area contributed by atoms with E-state index < -0.39 is 17.8 Å². The van der Waals surface area contributed by atoms with Crippen molar-refractivity contribution in [2.75, 3.05) is 13.2 Å². The number of benzene rings is 1. The van der Waals surface area contributed by atoms with E-state index in [0.717, 1.165) is 12.8 Å². The van der Waals surface area contributed by atoms with E-state index in [1.165, 1.54) is 12.3 Å². The molecule has 154 valence electrons. The Morgan fingerprint density at radius 3 is 2.55 bits per heavy atom. The maximum atomic E-state index is 12.5. The van der Waals surface area contributed by atoms with Crippen molar-refractivity contribution in [2.45, 2.75) is 26.2 Å². The Morgan fingerprint density at radius 1 is 1.17 bits per heavy atom. The van der Waals surface area contributed by atoms with E-state index >= 15 is 0 Å². The number of aliphatic carboxylic acids is 1. The summed E-state index contributed by atoms with van der Waals surface area (Å²) in [5.74, 6) is -1.11. The molecule has 0 aliphatic heterocycles. The zero-order valence-electron chi connectivity index (χ0n) is 16.1. The molecule has 2 aromatic rings. The van der Waals surface area contributed by atoms with Crippen molar-refractivity contribution in [3.63, 3.8) is 0 Å². The van der Waals surface area contributed by atoms with Crippen LogP contribution in [0.3, 0.4) is 0 Å². The molecule has 8 nitrogen and oxygen atoms in total. The molecular weight excluding hydrogens is 376 g/mol. The molecular formula is C21H24N2O6. The van der Waals surface area contributed by atoms with Crippen LogP contribution in [0.25, 0.3) is 6.08 Å². The number of nitrogens with one attached hydrogen (secondary N) is 2. The van der Waals surface area contributed by atoms with Crippen molar-refractivity contribution in [3.05, 3.63) is 59.7 Å². The molecule has 0 aliphatic carbocycles. The van der Waals surface area contributed by atoms with Crippen LogP contribution in [0.4, 0.5) is 0 Å². The first-order valence-electron chi connectivity index (χ1n) is 9.29. The standard InChI is InChI=1S/C21H24N2O6/c1-2-3-12-28-16-8-6-15(7-9-16)20(26)23-18(14-17-5-4-13-29-17)21(27)22-11-10-19(24)25/h4-9,13-14H,2-3,10-12H2,1H3,(H,22,27)(H,23,26)(H,24,25)/b18-14+. The van der Waals surface area contributed by atoms with E-state index in [-0.39, 0.29) is 18.7 Å². The molecule has 0 unspecified atom stereocenters. The van der Waals surface area contributed by atoms with Gasteiger partial charge in [-0.1, -0.05) is 13.3 Å². The summed E-state index contributed by atoms with van der Waals surface area (Å²) in [4.78, 5) is 35.5. The molecule has 0 spiro atoms. The summed E-state index contributed by atoms with van der Waals surface area (Å²) in [6, 6.07) is 9.84. The summed E-state index contributed by atoms with van der Waals surface area (Å²) in [6.07, 6.45) is 4.55. The molecule has 1 aromatic carbocycles. The van der Waals surface area contributed by atoms with Crippen molar-refractivity contribution in [2.24, 2.45) is 0 Å². The monoisotopic (exact) mass is 400 g/mol. The van der Waals surface area contributed by atoms with Gasteiger partial charge in [-0.2, -0.15) is 0 Å². The smallest absolute Gasteiger partial charge is 0.305 e. The van der Waals surface area contributed by atoms with Crippen molar-refractivity contribution in [1.82, 2.24) is 10.6 Å². The van der Waals surface area contributed by atoms with Gasteiger partial charge in [-0.25, -0.2) is 0 Å². The van der Waals surface area contributed by atoms with Crippen LogP contribution in [-0.2, 0) is 9.59 Å². The minimum absolute atomic E-state index is 0.0568. The molecule has 0 saturated carbocycles. The molecule has 0 saturated heterocycles. The predicted octanol–water partition coefficient (Wildman–Crippen LogP) is 2.82. The molecule has 8 heteroatoms. The van der Waals surface area contributed by atoms with Crippen LogP contribution in [0.2, 0.25) is 0 Å². The third-order valence-electron chi connectivity index (χ3n) is 3.83. The third-order valence-corrected chi connectivity index (χ3v) is 3.83. The SMILES string of the molecule is CCCCOc1ccc(C(=O)N/C(=C/c2ccco2)C(=O)NCCC(=O)O)cc1. The molecule has 0 radical (unpaired) electrons. The van der Waals surface area contributed by atoms with E-state index in [9.17, 15) is 14.4 Å². The van der Waals surface area contributed by atoms with Crippen LogP contribution in [-0.4, -0.2) is 36.0 Å². The van der Waals surface area contributed by atoms with Gasteiger partial charge >= 0.3 is 5.97 Å². The normalized spacial score (nSPS) is 11.0.